The summed E-state index contributed by atoms with van der Waals surface area (Å²) in [5, 5.41) is 20.0. The fourth-order valence-electron chi connectivity index (χ4n) is 4.65. The number of thiol groups is 1. The summed E-state index contributed by atoms with van der Waals surface area (Å²) < 4.78 is 41.4. The Kier molecular flexibility index (Phi) is 28.9. The third-order valence-corrected chi connectivity index (χ3v) is 7.77. The Morgan fingerprint density at radius 2 is 0.969 bits per heavy atom. The molecule has 0 aliphatic carbocycles. The maximum Gasteiger partial charge on any atom is 1.00 e. The van der Waals surface area contributed by atoms with E-state index in [1.807, 2.05) is 86.6 Å². The second-order valence-electron chi connectivity index (χ2n) is 13.6. The van der Waals surface area contributed by atoms with Crippen molar-refractivity contribution in [2.24, 2.45) is 0 Å². The van der Waals surface area contributed by atoms with E-state index in [9.17, 15) is 27.9 Å². The average Bonchev–Trinajstić information content (AvgIpc) is 3.58. The van der Waals surface area contributed by atoms with Crippen LogP contribution in [-0.2, 0) is 37.5 Å². The first-order chi connectivity index (χ1) is 30.4. The van der Waals surface area contributed by atoms with E-state index in [0.29, 0.717) is 24.0 Å². The summed E-state index contributed by atoms with van der Waals surface area (Å²) in [6, 6.07) is 48.4. The molecule has 1 fully saturated rings. The molecule has 2 amide bonds. The molecule has 15 heteroatoms. The summed E-state index contributed by atoms with van der Waals surface area (Å²) in [4.78, 5) is 38.3. The quantitative estimate of drug-likeness (QED) is 0.0529. The van der Waals surface area contributed by atoms with Crippen molar-refractivity contribution in [1.82, 2.24) is 5.06 Å². The van der Waals surface area contributed by atoms with Gasteiger partial charge in [0.15, 0.2) is 0 Å². The minimum Gasteiger partial charge on any atom is -0.872 e. The second kappa shape index (κ2) is 32.8. The first kappa shape index (κ1) is 57.2. The van der Waals surface area contributed by atoms with Gasteiger partial charge in [-0.25, -0.2) is 13.2 Å². The van der Waals surface area contributed by atoms with Crippen LogP contribution in [0.5, 0.6) is 28.7 Å². The molecule has 12 nitrogen and oxygen atoms in total. The number of phenols is 1. The van der Waals surface area contributed by atoms with Crippen molar-refractivity contribution in [3.05, 3.63) is 186 Å². The molecule has 0 spiro atoms. The van der Waals surface area contributed by atoms with Crippen LogP contribution in [0, 0.1) is 20.8 Å². The zero-order chi connectivity index (χ0) is 47.3. The van der Waals surface area contributed by atoms with E-state index < -0.39 is 27.8 Å². The number of amides is 2. The monoisotopic (exact) mass is 936 g/mol. The molecule has 6 aromatic rings. The van der Waals surface area contributed by atoms with E-state index in [-0.39, 0.29) is 61.3 Å². The van der Waals surface area contributed by atoms with Gasteiger partial charge >= 0.3 is 35.7 Å². The number of carbonyl (C=O) groups is 3. The molecule has 0 unspecified atom stereocenters. The van der Waals surface area contributed by atoms with Crippen molar-refractivity contribution in [3.63, 3.8) is 0 Å². The van der Waals surface area contributed by atoms with Crippen LogP contribution in [0.2, 0.25) is 0 Å². The van der Waals surface area contributed by atoms with Crippen molar-refractivity contribution in [2.75, 3.05) is 18.8 Å². The van der Waals surface area contributed by atoms with Crippen molar-refractivity contribution in [2.45, 2.75) is 54.3 Å². The van der Waals surface area contributed by atoms with Crippen molar-refractivity contribution in [1.29, 1.82) is 1.12 Å². The van der Waals surface area contributed by atoms with E-state index in [1.165, 1.54) is 28.8 Å². The van der Waals surface area contributed by atoms with Crippen LogP contribution in [0.1, 0.15) is 48.1 Å². The van der Waals surface area contributed by atoms with Gasteiger partial charge in [0.25, 0.3) is 11.8 Å². The Morgan fingerprint density at radius 1 is 0.646 bits per heavy atom. The van der Waals surface area contributed by atoms with Crippen LogP contribution in [0.3, 0.4) is 0 Å². The number of aromatic hydroxyl groups is 1. The van der Waals surface area contributed by atoms with Gasteiger partial charge in [-0.3, -0.25) is 14.4 Å². The molecule has 0 atom stereocenters. The van der Waals surface area contributed by atoms with Gasteiger partial charge in [-0.1, -0.05) is 138 Å². The number of rotatable bonds is 8. The molecule has 0 aromatic heterocycles. The van der Waals surface area contributed by atoms with Crippen LogP contribution in [0.4, 0.5) is 4.79 Å². The summed E-state index contributed by atoms with van der Waals surface area (Å²) in [5.74, 6) is 1.17. The summed E-state index contributed by atoms with van der Waals surface area (Å²) in [7, 11) is -2.67. The van der Waals surface area contributed by atoms with Crippen LogP contribution in [-0.4, -0.2) is 56.4 Å². The predicted molar refractivity (Wildman–Crippen MR) is 253 cm³/mol. The first-order valence-corrected chi connectivity index (χ1v) is 22.5. The Hall–Kier alpha value is -5.77. The van der Waals surface area contributed by atoms with E-state index >= 15 is 0 Å². The van der Waals surface area contributed by atoms with E-state index in [0.717, 1.165) is 47.7 Å². The van der Waals surface area contributed by atoms with Gasteiger partial charge in [0.2, 0.25) is 0 Å². The zero-order valence-electron chi connectivity index (χ0n) is 38.1. The number of hydrogen-bond donors (Lipinski definition) is 2. The minimum atomic E-state index is -2.67. The fraction of sp³-hybridized carbons (Fsp3) is 0.220. The molecule has 1 saturated heterocycles. The van der Waals surface area contributed by atoms with Crippen LogP contribution in [0.15, 0.2) is 158 Å². The van der Waals surface area contributed by atoms with Gasteiger partial charge in [0.05, 0.1) is 0 Å². The molecule has 1 N–H and O–H groups in total. The van der Waals surface area contributed by atoms with Crippen molar-refractivity contribution in [3.8, 4) is 28.7 Å². The molecule has 0 saturated carbocycles. The van der Waals surface area contributed by atoms with Gasteiger partial charge in [-0.2, -0.15) is 12.5 Å². The molecule has 65 heavy (non-hydrogen) atoms. The zero-order valence-corrected chi connectivity index (χ0v) is 40.8. The summed E-state index contributed by atoms with van der Waals surface area (Å²) in [5.41, 5.74) is 5.74. The third kappa shape index (κ3) is 27.9. The largest absolute Gasteiger partial charge is 1.00 e. The molecule has 7 rings (SSSR count). The van der Waals surface area contributed by atoms with E-state index in [2.05, 4.69) is 36.0 Å². The molecule has 0 bridgehead atoms. The smallest absolute Gasteiger partial charge is 0.872 e. The van der Waals surface area contributed by atoms with E-state index in [1.54, 1.807) is 54.8 Å². The molecule has 6 aromatic carbocycles. The summed E-state index contributed by atoms with van der Waals surface area (Å²) >= 11 is 1.000. The van der Waals surface area contributed by atoms with Crippen molar-refractivity contribution < 1.29 is 81.6 Å². The standard InChI is InChI=1S/C14H14O.C13H12O2.C12H11NO5.C7H8O.C2H6O2S.CH4S.CH4.Na/c1-12-7-9-14(10-8-12)15-11-13-5-3-2-4-6-13;14-12-6-8-13(9-7-12)15-10-11-4-2-1-3-5-11;1-8-2-4-9(5-3-8)17-12(16)18-13-10(14)6-7-11(13)15;1-6-2-4-7(8)5-3-6;1-5(2,3)4;1-2;;/h2-10H,11H2,1H3;1-9,14H,10H2;2-5H,6-7H2,1H3;2-5,8H,1H3;1-2H3;2H,1H3;1H4;/q;;;;;;;+1/p-1/i/hD. The number of hydroxylamine groups is 2. The topological polar surface area (TPSA) is 169 Å². The number of ether oxygens (including phenoxy) is 3. The van der Waals surface area contributed by atoms with Gasteiger partial charge in [-0.05, 0) is 86.7 Å². The average molecular weight is 937 g/mol. The van der Waals surface area contributed by atoms with Gasteiger partial charge in [0.1, 0.15) is 47.2 Å². The molecule has 1 aliphatic rings. The maximum absolute atomic E-state index is 11.4. The molecule has 342 valence electrons. The number of aryl methyl sites for hydroxylation is 3. The number of benzene rings is 6. The number of phenolic OH excluding ortho intramolecular Hbond substituents is 1. The SMILES string of the molecule is C.CS(C)(=O)=O.Cc1ccc(O)cc1.Cc1ccc(OC(=O)ON2C(=O)CCC2=O)cc1.Cc1ccc(OCc2ccccc2)cc1.[2H]SC.[Na+].[O-]c1ccc(OCc2ccccc2)cc1. The maximum atomic E-state index is 11.4. The van der Waals surface area contributed by atoms with Crippen LogP contribution < -0.4 is 48.9 Å². The minimum absolute atomic E-state index is 0. The summed E-state index contributed by atoms with van der Waals surface area (Å²) in [6.45, 7) is 7.10. The van der Waals surface area contributed by atoms with Crippen LogP contribution in [0.25, 0.3) is 0 Å². The van der Waals surface area contributed by atoms with Gasteiger partial charge in [0, 0.05) is 25.4 Å². The first-order valence-electron chi connectivity index (χ1n) is 19.8. The Morgan fingerprint density at radius 3 is 1.32 bits per heavy atom. The normalized spacial score (nSPS) is 11.0. The fourth-order valence-corrected chi connectivity index (χ4v) is 4.65. The van der Waals surface area contributed by atoms with Gasteiger partial charge in [-0.15, -0.1) is 5.75 Å². The molecule has 1 heterocycles. The Balaban J connectivity index is 0.000000818. The summed E-state index contributed by atoms with van der Waals surface area (Å²) in [6.07, 6.45) is 3.02. The van der Waals surface area contributed by atoms with E-state index in [4.69, 9.17) is 20.4 Å². The third-order valence-electron chi connectivity index (χ3n) is 7.77. The predicted octanol–water partition coefficient (Wildman–Crippen LogP) is 7.04. The molecular weight excluding hydrogens is 878 g/mol. The number of imide groups is 1. The molecular formula is C50H58NNaO11S2. The van der Waals surface area contributed by atoms with Crippen molar-refractivity contribution >= 4 is 40.3 Å². The van der Waals surface area contributed by atoms with Crippen LogP contribution >= 0.6 is 12.5 Å². The van der Waals surface area contributed by atoms with Gasteiger partial charge < -0.3 is 24.4 Å². The Bertz CT molecular complexity index is 2230. The number of hydrogen-bond acceptors (Lipinski definition) is 12. The second-order valence-corrected chi connectivity index (χ2v) is 15.9. The molecule has 0 radical (unpaired) electrons. The number of sulfone groups is 1. The molecule has 1 aliphatic heterocycles. The number of nitrogens with zero attached hydrogens (tertiary/aromatic N) is 1. The number of carbonyl (C=O) groups excluding carboxylic acids is 3. The Labute approximate surface area is 412 Å².